The second kappa shape index (κ2) is 8.03. The average Bonchev–Trinajstić information content (AvgIpc) is 2.60. The molecule has 4 nitrogen and oxygen atoms in total. The van der Waals surface area contributed by atoms with Crippen molar-refractivity contribution in [2.24, 2.45) is 0 Å². The maximum Gasteiger partial charge on any atom is 0.338 e. The van der Waals surface area contributed by atoms with Gasteiger partial charge >= 0.3 is 5.97 Å². The third kappa shape index (κ3) is 4.61. The summed E-state index contributed by atoms with van der Waals surface area (Å²) in [6.07, 6.45) is 0.314. The highest BCUT2D eigenvalue weighted by Gasteiger charge is 2.12. The van der Waals surface area contributed by atoms with E-state index in [1.807, 2.05) is 6.07 Å². The fourth-order valence-corrected chi connectivity index (χ4v) is 2.15. The van der Waals surface area contributed by atoms with Crippen LogP contribution in [0.5, 0.6) is 0 Å². The molecule has 0 N–H and O–H groups in total. The minimum absolute atomic E-state index is 0.0536. The summed E-state index contributed by atoms with van der Waals surface area (Å²) < 4.78 is 4.89. The first kappa shape index (κ1) is 16.6. The van der Waals surface area contributed by atoms with Gasteiger partial charge in [-0.1, -0.05) is 42.5 Å². The van der Waals surface area contributed by atoms with Crippen molar-refractivity contribution >= 4 is 17.5 Å². The van der Waals surface area contributed by atoms with Gasteiger partial charge in [0.1, 0.15) is 0 Å². The number of Topliss-reactive ketones (excluding diaryl/α,β-unsaturated/α-hetero) is 2. The second-order valence-electron chi connectivity index (χ2n) is 5.01. The fourth-order valence-electron chi connectivity index (χ4n) is 2.15. The lowest BCUT2D eigenvalue weighted by Gasteiger charge is -2.04. The van der Waals surface area contributed by atoms with Crippen LogP contribution in [0, 0.1) is 0 Å². The van der Waals surface area contributed by atoms with Gasteiger partial charge in [0, 0.05) is 24.0 Å². The predicted octanol–water partition coefficient (Wildman–Crippen LogP) is 3.71. The van der Waals surface area contributed by atoms with Crippen LogP contribution < -0.4 is 0 Å². The molecule has 2 rings (SSSR count). The van der Waals surface area contributed by atoms with Crippen LogP contribution in [0.15, 0.2) is 54.6 Å². The largest absolute Gasteiger partial charge is 0.462 e. The van der Waals surface area contributed by atoms with Gasteiger partial charge in [0.2, 0.25) is 0 Å². The zero-order valence-electron chi connectivity index (χ0n) is 13.0. The van der Waals surface area contributed by atoms with Crippen molar-refractivity contribution in [1.29, 1.82) is 0 Å². The lowest BCUT2D eigenvalue weighted by atomic mass is 10.0. The van der Waals surface area contributed by atoms with Crippen molar-refractivity contribution in [3.05, 3.63) is 71.3 Å². The van der Waals surface area contributed by atoms with E-state index in [0.29, 0.717) is 23.3 Å². The van der Waals surface area contributed by atoms with Gasteiger partial charge in [-0.25, -0.2) is 4.79 Å². The van der Waals surface area contributed by atoms with E-state index >= 15 is 0 Å². The Hall–Kier alpha value is -2.75. The summed E-state index contributed by atoms with van der Waals surface area (Å²) in [5, 5.41) is 0. The molecule has 118 valence electrons. The maximum atomic E-state index is 12.1. The molecule has 0 spiro atoms. The quantitative estimate of drug-likeness (QED) is 0.578. The van der Waals surface area contributed by atoms with Gasteiger partial charge in [0.15, 0.2) is 11.6 Å². The van der Waals surface area contributed by atoms with Crippen LogP contribution in [-0.4, -0.2) is 24.1 Å². The Morgan fingerprint density at radius 1 is 0.739 bits per heavy atom. The average molecular weight is 310 g/mol. The van der Waals surface area contributed by atoms with Crippen LogP contribution in [0.1, 0.15) is 50.8 Å². The lowest BCUT2D eigenvalue weighted by molar-refractivity contribution is 0.0526. The lowest BCUT2D eigenvalue weighted by Crippen LogP contribution is -2.07. The first-order chi connectivity index (χ1) is 11.1. The molecular weight excluding hydrogens is 292 g/mol. The molecule has 2 aromatic carbocycles. The van der Waals surface area contributed by atoms with E-state index in [1.165, 1.54) is 0 Å². The van der Waals surface area contributed by atoms with E-state index in [4.69, 9.17) is 4.74 Å². The molecule has 0 aliphatic heterocycles. The van der Waals surface area contributed by atoms with Crippen molar-refractivity contribution < 1.29 is 19.1 Å². The van der Waals surface area contributed by atoms with Crippen LogP contribution in [0.3, 0.4) is 0 Å². The summed E-state index contributed by atoms with van der Waals surface area (Å²) in [7, 11) is 0. The van der Waals surface area contributed by atoms with Gasteiger partial charge in [-0.2, -0.15) is 0 Å². The number of carbonyl (C=O) groups is 3. The van der Waals surface area contributed by atoms with Crippen LogP contribution in [0.4, 0.5) is 0 Å². The van der Waals surface area contributed by atoms with Crippen molar-refractivity contribution in [3.8, 4) is 0 Å². The highest BCUT2D eigenvalue weighted by molar-refractivity contribution is 6.02. The van der Waals surface area contributed by atoms with Gasteiger partial charge in [0.25, 0.3) is 0 Å². The highest BCUT2D eigenvalue weighted by Crippen LogP contribution is 2.11. The first-order valence-corrected chi connectivity index (χ1v) is 7.50. The Morgan fingerprint density at radius 3 is 1.74 bits per heavy atom. The molecule has 0 atom stereocenters. The molecule has 0 saturated heterocycles. The number of rotatable bonds is 7. The van der Waals surface area contributed by atoms with E-state index in [9.17, 15) is 14.4 Å². The number of hydrogen-bond acceptors (Lipinski definition) is 4. The number of esters is 1. The first-order valence-electron chi connectivity index (χ1n) is 7.50. The molecule has 4 heteroatoms. The Kier molecular flexibility index (Phi) is 5.80. The minimum atomic E-state index is -0.411. The van der Waals surface area contributed by atoms with Gasteiger partial charge in [0.05, 0.1) is 12.2 Å². The zero-order chi connectivity index (χ0) is 16.7. The number of ketones is 2. The Bertz CT molecular complexity index is 687. The summed E-state index contributed by atoms with van der Waals surface area (Å²) in [5.41, 5.74) is 1.50. The van der Waals surface area contributed by atoms with E-state index in [2.05, 4.69) is 0 Å². The summed E-state index contributed by atoms with van der Waals surface area (Å²) in [4.78, 5) is 35.6. The Morgan fingerprint density at radius 2 is 1.22 bits per heavy atom. The molecule has 0 heterocycles. The molecular formula is C19H18O4. The normalized spacial score (nSPS) is 10.1. The van der Waals surface area contributed by atoms with Crippen LogP contribution >= 0.6 is 0 Å². The zero-order valence-corrected chi connectivity index (χ0v) is 13.0. The van der Waals surface area contributed by atoms with Crippen molar-refractivity contribution in [2.45, 2.75) is 19.8 Å². The van der Waals surface area contributed by atoms with Crippen LogP contribution in [-0.2, 0) is 4.74 Å². The van der Waals surface area contributed by atoms with Gasteiger partial charge < -0.3 is 4.74 Å². The molecule has 0 radical (unpaired) electrons. The van der Waals surface area contributed by atoms with Crippen molar-refractivity contribution in [3.63, 3.8) is 0 Å². The molecule has 2 aromatic rings. The Labute approximate surface area is 135 Å². The SMILES string of the molecule is CCOC(=O)c1ccc(C(=O)CCC(=O)c2ccccc2)cc1. The number of hydrogen-bond donors (Lipinski definition) is 0. The molecule has 0 bridgehead atoms. The van der Waals surface area contributed by atoms with E-state index in [1.54, 1.807) is 55.5 Å². The number of benzene rings is 2. The summed E-state index contributed by atoms with van der Waals surface area (Å²) >= 11 is 0. The molecule has 0 aromatic heterocycles. The molecule has 0 amide bonds. The monoisotopic (exact) mass is 310 g/mol. The van der Waals surface area contributed by atoms with E-state index < -0.39 is 5.97 Å². The third-order valence-electron chi connectivity index (χ3n) is 3.39. The fraction of sp³-hybridized carbons (Fsp3) is 0.211. The van der Waals surface area contributed by atoms with Crippen LogP contribution in [0.2, 0.25) is 0 Å². The minimum Gasteiger partial charge on any atom is -0.462 e. The second-order valence-corrected chi connectivity index (χ2v) is 5.01. The molecule has 0 aliphatic carbocycles. The van der Waals surface area contributed by atoms with Crippen molar-refractivity contribution in [2.75, 3.05) is 6.61 Å². The van der Waals surface area contributed by atoms with Crippen molar-refractivity contribution in [1.82, 2.24) is 0 Å². The molecule has 0 unspecified atom stereocenters. The molecule has 0 fully saturated rings. The van der Waals surface area contributed by atoms with Crippen LogP contribution in [0.25, 0.3) is 0 Å². The topological polar surface area (TPSA) is 60.4 Å². The van der Waals surface area contributed by atoms with E-state index in [0.717, 1.165) is 0 Å². The summed E-state index contributed by atoms with van der Waals surface area (Å²) in [6.45, 7) is 2.04. The smallest absolute Gasteiger partial charge is 0.338 e. The highest BCUT2D eigenvalue weighted by atomic mass is 16.5. The summed E-state index contributed by atoms with van der Waals surface area (Å²) in [6, 6.07) is 15.2. The molecule has 0 aliphatic rings. The molecule has 23 heavy (non-hydrogen) atoms. The Balaban J connectivity index is 1.93. The van der Waals surface area contributed by atoms with Gasteiger partial charge in [-0.15, -0.1) is 0 Å². The molecule has 0 saturated carbocycles. The van der Waals surface area contributed by atoms with Gasteiger partial charge in [-0.3, -0.25) is 9.59 Å². The standard InChI is InChI=1S/C19H18O4/c1-2-23-19(22)16-10-8-15(9-11-16)18(21)13-12-17(20)14-6-4-3-5-7-14/h3-11H,2,12-13H2,1H3. The summed E-state index contributed by atoms with van der Waals surface area (Å²) in [5.74, 6) is -0.586. The predicted molar refractivity (Wildman–Crippen MR) is 86.7 cm³/mol. The van der Waals surface area contributed by atoms with Gasteiger partial charge in [-0.05, 0) is 19.1 Å². The third-order valence-corrected chi connectivity index (χ3v) is 3.39. The maximum absolute atomic E-state index is 12.1. The number of carbonyl (C=O) groups excluding carboxylic acids is 3. The number of ether oxygens (including phenoxy) is 1. The van der Waals surface area contributed by atoms with E-state index in [-0.39, 0.29) is 24.4 Å².